The van der Waals surface area contributed by atoms with Crippen LogP contribution in [-0.4, -0.2) is 19.3 Å². The van der Waals surface area contributed by atoms with E-state index < -0.39 is 15.7 Å². The number of anilines is 1. The molecule has 0 unspecified atom stereocenters. The highest BCUT2D eigenvalue weighted by molar-refractivity contribution is 9.10. The Labute approximate surface area is 146 Å². The molecule has 0 bridgehead atoms. The molecule has 8 heteroatoms. The Morgan fingerprint density at radius 3 is 2.46 bits per heavy atom. The number of halogens is 1. The van der Waals surface area contributed by atoms with Crippen LogP contribution >= 0.6 is 15.9 Å². The van der Waals surface area contributed by atoms with Crippen LogP contribution in [0.5, 0.6) is 0 Å². The second-order valence-electron chi connectivity index (χ2n) is 4.75. The Bertz CT molecular complexity index is 967. The molecular weight excluding hydrogens is 396 g/mol. The van der Waals surface area contributed by atoms with Crippen molar-refractivity contribution < 1.29 is 17.6 Å². The van der Waals surface area contributed by atoms with E-state index in [1.807, 2.05) is 0 Å². The van der Waals surface area contributed by atoms with Gasteiger partial charge in [0.15, 0.2) is 5.76 Å². The number of nitrogens with zero attached hydrogens (tertiary/aromatic N) is 1. The number of hydrogen-bond donors (Lipinski definition) is 1. The SMILES string of the molecule is O=C(Nc1ccccn1)c1ccc(S(=O)(=O)c2ccc(Br)cc2)o1. The van der Waals surface area contributed by atoms with E-state index in [1.54, 1.807) is 30.3 Å². The first kappa shape index (κ1) is 16.4. The van der Waals surface area contributed by atoms with Crippen molar-refractivity contribution in [1.82, 2.24) is 4.98 Å². The quantitative estimate of drug-likeness (QED) is 0.715. The lowest BCUT2D eigenvalue weighted by Crippen LogP contribution is -2.11. The molecule has 2 aromatic heterocycles. The Hall–Kier alpha value is -2.45. The molecule has 1 amide bonds. The molecule has 122 valence electrons. The van der Waals surface area contributed by atoms with Crippen LogP contribution < -0.4 is 5.32 Å². The van der Waals surface area contributed by atoms with Gasteiger partial charge in [0, 0.05) is 10.7 Å². The average molecular weight is 407 g/mol. The second kappa shape index (κ2) is 6.58. The molecule has 3 rings (SSSR count). The fourth-order valence-corrected chi connectivity index (χ4v) is 3.37. The maximum atomic E-state index is 12.5. The van der Waals surface area contributed by atoms with Crippen molar-refractivity contribution in [2.24, 2.45) is 0 Å². The summed E-state index contributed by atoms with van der Waals surface area (Å²) < 4.78 is 31.0. The van der Waals surface area contributed by atoms with Gasteiger partial charge in [-0.3, -0.25) is 4.79 Å². The predicted molar refractivity (Wildman–Crippen MR) is 90.5 cm³/mol. The van der Waals surface area contributed by atoms with Crippen LogP contribution in [0.25, 0.3) is 0 Å². The molecule has 2 heterocycles. The number of hydrogen-bond acceptors (Lipinski definition) is 5. The van der Waals surface area contributed by atoms with Crippen LogP contribution in [0.1, 0.15) is 10.6 Å². The molecule has 0 spiro atoms. The van der Waals surface area contributed by atoms with Crippen LogP contribution in [0.3, 0.4) is 0 Å². The molecule has 0 aliphatic carbocycles. The third-order valence-corrected chi connectivity index (χ3v) is 5.27. The van der Waals surface area contributed by atoms with Gasteiger partial charge >= 0.3 is 0 Å². The molecule has 0 aliphatic rings. The molecule has 0 saturated carbocycles. The van der Waals surface area contributed by atoms with Gasteiger partial charge in [-0.05, 0) is 48.5 Å². The van der Waals surface area contributed by atoms with Crippen molar-refractivity contribution >= 4 is 37.5 Å². The zero-order valence-corrected chi connectivity index (χ0v) is 14.5. The van der Waals surface area contributed by atoms with E-state index in [4.69, 9.17) is 4.42 Å². The molecular formula is C16H11BrN2O4S. The van der Waals surface area contributed by atoms with Gasteiger partial charge in [0.25, 0.3) is 5.91 Å². The molecule has 0 atom stereocenters. The van der Waals surface area contributed by atoms with E-state index >= 15 is 0 Å². The summed E-state index contributed by atoms with van der Waals surface area (Å²) in [5.74, 6) is -0.349. The first-order valence-corrected chi connectivity index (χ1v) is 9.07. The summed E-state index contributed by atoms with van der Waals surface area (Å²) >= 11 is 3.25. The summed E-state index contributed by atoms with van der Waals surface area (Å²) in [4.78, 5) is 16.1. The van der Waals surface area contributed by atoms with Crippen LogP contribution in [-0.2, 0) is 9.84 Å². The number of amides is 1. The van der Waals surface area contributed by atoms with Gasteiger partial charge in [-0.15, -0.1) is 0 Å². The number of carbonyl (C=O) groups is 1. The minimum atomic E-state index is -3.82. The van der Waals surface area contributed by atoms with Crippen molar-refractivity contribution in [3.8, 4) is 0 Å². The molecule has 1 N–H and O–H groups in total. The van der Waals surface area contributed by atoms with E-state index in [1.165, 1.54) is 30.5 Å². The molecule has 6 nitrogen and oxygen atoms in total. The number of nitrogens with one attached hydrogen (secondary N) is 1. The van der Waals surface area contributed by atoms with Gasteiger partial charge in [-0.2, -0.15) is 0 Å². The van der Waals surface area contributed by atoms with Crippen molar-refractivity contribution in [1.29, 1.82) is 0 Å². The minimum Gasteiger partial charge on any atom is -0.439 e. The zero-order valence-electron chi connectivity index (χ0n) is 12.1. The Balaban J connectivity index is 1.84. The number of benzene rings is 1. The average Bonchev–Trinajstić information content (AvgIpc) is 3.07. The number of pyridine rings is 1. The zero-order chi connectivity index (χ0) is 17.2. The molecule has 0 radical (unpaired) electrons. The summed E-state index contributed by atoms with van der Waals surface area (Å²) in [6.07, 6.45) is 1.53. The smallest absolute Gasteiger partial charge is 0.292 e. The summed E-state index contributed by atoms with van der Waals surface area (Å²) in [5.41, 5.74) is 0. The number of furan rings is 1. The molecule has 0 saturated heterocycles. The largest absolute Gasteiger partial charge is 0.439 e. The van der Waals surface area contributed by atoms with Crippen LogP contribution in [0.4, 0.5) is 5.82 Å². The van der Waals surface area contributed by atoms with Crippen LogP contribution in [0.2, 0.25) is 0 Å². The fourth-order valence-electron chi connectivity index (χ4n) is 1.93. The van der Waals surface area contributed by atoms with Gasteiger partial charge in [0.05, 0.1) is 4.90 Å². The van der Waals surface area contributed by atoms with Crippen molar-refractivity contribution in [3.05, 3.63) is 71.0 Å². The predicted octanol–water partition coefficient (Wildman–Crippen LogP) is 3.52. The van der Waals surface area contributed by atoms with Crippen molar-refractivity contribution in [3.63, 3.8) is 0 Å². The summed E-state index contributed by atoms with van der Waals surface area (Å²) in [6, 6.07) is 13.7. The summed E-state index contributed by atoms with van der Waals surface area (Å²) in [6.45, 7) is 0. The number of carbonyl (C=O) groups excluding carboxylic acids is 1. The Kier molecular flexibility index (Phi) is 4.50. The van der Waals surface area contributed by atoms with E-state index in [0.717, 1.165) is 4.47 Å². The normalized spacial score (nSPS) is 11.2. The van der Waals surface area contributed by atoms with Gasteiger partial charge < -0.3 is 9.73 Å². The van der Waals surface area contributed by atoms with Gasteiger partial charge in [0.2, 0.25) is 14.9 Å². The van der Waals surface area contributed by atoms with E-state index in [0.29, 0.717) is 5.82 Å². The minimum absolute atomic E-state index is 0.0803. The monoisotopic (exact) mass is 406 g/mol. The number of sulfone groups is 1. The van der Waals surface area contributed by atoms with E-state index in [-0.39, 0.29) is 15.7 Å². The van der Waals surface area contributed by atoms with Gasteiger partial charge in [-0.25, -0.2) is 13.4 Å². The van der Waals surface area contributed by atoms with Gasteiger partial charge in [0.1, 0.15) is 5.82 Å². The first-order valence-electron chi connectivity index (χ1n) is 6.80. The first-order chi connectivity index (χ1) is 11.5. The lowest BCUT2D eigenvalue weighted by molar-refractivity contribution is 0.0991. The maximum absolute atomic E-state index is 12.5. The van der Waals surface area contributed by atoms with Crippen LogP contribution in [0, 0.1) is 0 Å². The van der Waals surface area contributed by atoms with Crippen molar-refractivity contribution in [2.75, 3.05) is 5.32 Å². The Morgan fingerprint density at radius 2 is 1.79 bits per heavy atom. The number of aromatic nitrogens is 1. The molecule has 1 aromatic carbocycles. The molecule has 0 fully saturated rings. The lowest BCUT2D eigenvalue weighted by Gasteiger charge is -2.02. The maximum Gasteiger partial charge on any atom is 0.292 e. The lowest BCUT2D eigenvalue weighted by atomic mass is 10.4. The molecule has 3 aromatic rings. The van der Waals surface area contributed by atoms with E-state index in [2.05, 4.69) is 26.2 Å². The summed E-state index contributed by atoms with van der Waals surface area (Å²) in [7, 11) is -3.82. The van der Waals surface area contributed by atoms with Gasteiger partial charge in [-0.1, -0.05) is 22.0 Å². The standard InChI is InChI=1S/C16H11BrN2O4S/c17-11-4-6-12(7-5-11)24(21,22)15-9-8-13(23-15)16(20)19-14-3-1-2-10-18-14/h1-10H,(H,18,19,20). The molecule has 24 heavy (non-hydrogen) atoms. The second-order valence-corrected chi connectivity index (χ2v) is 7.54. The van der Waals surface area contributed by atoms with Crippen molar-refractivity contribution in [2.45, 2.75) is 9.99 Å². The van der Waals surface area contributed by atoms with E-state index in [9.17, 15) is 13.2 Å². The topological polar surface area (TPSA) is 89.3 Å². The third kappa shape index (κ3) is 3.39. The highest BCUT2D eigenvalue weighted by Crippen LogP contribution is 2.24. The Morgan fingerprint density at radius 1 is 1.04 bits per heavy atom. The number of rotatable bonds is 4. The van der Waals surface area contributed by atoms with Crippen LogP contribution in [0.15, 0.2) is 79.7 Å². The fraction of sp³-hybridized carbons (Fsp3) is 0. The highest BCUT2D eigenvalue weighted by atomic mass is 79.9. The summed E-state index contributed by atoms with van der Waals surface area (Å²) in [5, 5.41) is 2.23. The third-order valence-electron chi connectivity index (χ3n) is 3.10. The molecule has 0 aliphatic heterocycles. The highest BCUT2D eigenvalue weighted by Gasteiger charge is 2.23.